The molecule has 29 heavy (non-hydrogen) atoms. The van der Waals surface area contributed by atoms with E-state index >= 15 is 0 Å². The predicted octanol–water partition coefficient (Wildman–Crippen LogP) is 5.35. The second kappa shape index (κ2) is 7.19. The summed E-state index contributed by atoms with van der Waals surface area (Å²) in [6.07, 6.45) is 0. The van der Waals surface area contributed by atoms with Crippen LogP contribution in [0.3, 0.4) is 0 Å². The van der Waals surface area contributed by atoms with Crippen molar-refractivity contribution < 1.29 is 24.2 Å². The van der Waals surface area contributed by atoms with E-state index in [0.29, 0.717) is 16.3 Å². The van der Waals surface area contributed by atoms with Gasteiger partial charge in [-0.3, -0.25) is 14.2 Å². The van der Waals surface area contributed by atoms with Crippen molar-refractivity contribution in [2.75, 3.05) is 0 Å². The summed E-state index contributed by atoms with van der Waals surface area (Å²) in [6.45, 7) is 6.78. The van der Waals surface area contributed by atoms with Crippen molar-refractivity contribution in [3.63, 3.8) is 0 Å². The summed E-state index contributed by atoms with van der Waals surface area (Å²) in [6, 6.07) is 8.80. The molecule has 1 unspecified atom stereocenters. The summed E-state index contributed by atoms with van der Waals surface area (Å²) < 4.78 is 16.3. The van der Waals surface area contributed by atoms with Gasteiger partial charge in [0.15, 0.2) is 11.6 Å². The van der Waals surface area contributed by atoms with Gasteiger partial charge in [0.25, 0.3) is 5.91 Å². The fourth-order valence-corrected chi connectivity index (χ4v) is 3.87. The third-order valence-corrected chi connectivity index (χ3v) is 5.28. The number of rotatable bonds is 3. The number of hydrogen-bond donors (Lipinski definition) is 2. The molecule has 0 saturated carbocycles. The minimum atomic E-state index is -1.14. The molecule has 3 aromatic rings. The Hall–Kier alpha value is -2.86. The predicted molar refractivity (Wildman–Crippen MR) is 109 cm³/mol. The smallest absolute Gasteiger partial charge is 0.311 e. The van der Waals surface area contributed by atoms with Crippen LogP contribution in [-0.4, -0.2) is 26.7 Å². The van der Waals surface area contributed by atoms with Crippen LogP contribution in [0.15, 0.2) is 36.4 Å². The quantitative estimate of drug-likeness (QED) is 0.602. The van der Waals surface area contributed by atoms with Gasteiger partial charge in [-0.2, -0.15) is 0 Å². The first-order valence-corrected chi connectivity index (χ1v) is 9.38. The van der Waals surface area contributed by atoms with E-state index in [1.54, 1.807) is 52.0 Å². The molecule has 0 bridgehead atoms. The van der Waals surface area contributed by atoms with Crippen molar-refractivity contribution in [3.8, 4) is 5.75 Å². The minimum Gasteiger partial charge on any atom is -0.505 e. The van der Waals surface area contributed by atoms with Gasteiger partial charge in [0.2, 0.25) is 0 Å². The Kier molecular flexibility index (Phi) is 5.17. The van der Waals surface area contributed by atoms with Gasteiger partial charge in [-0.1, -0.05) is 32.4 Å². The van der Waals surface area contributed by atoms with Crippen LogP contribution >= 0.6 is 11.6 Å². The number of phenolic OH excluding ortho intramolecular Hbond substituents is 1. The zero-order chi connectivity index (χ0) is 21.7. The number of nitrogens with zero attached hydrogens (tertiary/aromatic N) is 1. The Morgan fingerprint density at radius 2 is 1.69 bits per heavy atom. The summed E-state index contributed by atoms with van der Waals surface area (Å²) in [5, 5.41) is 20.2. The van der Waals surface area contributed by atoms with Crippen LogP contribution in [0.2, 0.25) is 5.02 Å². The maximum Gasteiger partial charge on any atom is 0.311 e. The van der Waals surface area contributed by atoms with E-state index in [9.17, 15) is 24.2 Å². The SMILES string of the molecule is Cc1c(C(C(=O)O)C(C)(C)C)c2c(F)c(O)ccc2n1C(=O)c1ccc(Cl)cc1. The van der Waals surface area contributed by atoms with E-state index in [1.807, 2.05) is 0 Å². The molecule has 2 N–H and O–H groups in total. The van der Waals surface area contributed by atoms with E-state index in [-0.39, 0.29) is 16.5 Å². The van der Waals surface area contributed by atoms with Crippen molar-refractivity contribution >= 4 is 34.4 Å². The van der Waals surface area contributed by atoms with Gasteiger partial charge < -0.3 is 10.2 Å². The Bertz CT molecular complexity index is 1130. The highest BCUT2D eigenvalue weighted by molar-refractivity contribution is 6.30. The van der Waals surface area contributed by atoms with Crippen molar-refractivity contribution in [2.45, 2.75) is 33.6 Å². The molecule has 0 radical (unpaired) electrons. The van der Waals surface area contributed by atoms with Crippen LogP contribution in [-0.2, 0) is 4.79 Å². The molecular weight excluding hydrogens is 397 g/mol. The lowest BCUT2D eigenvalue weighted by atomic mass is 9.75. The molecule has 1 aromatic heterocycles. The summed E-state index contributed by atoms with van der Waals surface area (Å²) >= 11 is 5.90. The average Bonchev–Trinajstić information content (AvgIpc) is 2.90. The first kappa shape index (κ1) is 20.9. The lowest BCUT2D eigenvalue weighted by Gasteiger charge is -2.28. The number of carbonyl (C=O) groups excluding carboxylic acids is 1. The molecule has 5 nitrogen and oxygen atoms in total. The molecule has 0 spiro atoms. The van der Waals surface area contributed by atoms with Crippen LogP contribution in [0, 0.1) is 18.2 Å². The number of benzene rings is 2. The first-order chi connectivity index (χ1) is 13.4. The highest BCUT2D eigenvalue weighted by atomic mass is 35.5. The average molecular weight is 418 g/mol. The van der Waals surface area contributed by atoms with E-state index in [1.165, 1.54) is 10.6 Å². The molecule has 0 aliphatic rings. The molecule has 0 aliphatic heterocycles. The molecule has 7 heteroatoms. The van der Waals surface area contributed by atoms with Crippen molar-refractivity contribution in [1.82, 2.24) is 4.57 Å². The lowest BCUT2D eigenvalue weighted by Crippen LogP contribution is -2.27. The second-order valence-electron chi connectivity index (χ2n) is 8.08. The van der Waals surface area contributed by atoms with Gasteiger partial charge in [-0.05, 0) is 54.3 Å². The number of carbonyl (C=O) groups is 2. The van der Waals surface area contributed by atoms with Gasteiger partial charge >= 0.3 is 5.97 Å². The molecule has 0 saturated heterocycles. The highest BCUT2D eigenvalue weighted by Crippen LogP contribution is 2.44. The Balaban J connectivity index is 2.40. The Labute approximate surface area is 172 Å². The number of hydrogen-bond acceptors (Lipinski definition) is 3. The zero-order valence-corrected chi connectivity index (χ0v) is 17.2. The topological polar surface area (TPSA) is 79.5 Å². The molecule has 0 amide bonds. The Morgan fingerprint density at radius 3 is 2.21 bits per heavy atom. The number of carboxylic acids is 1. The van der Waals surface area contributed by atoms with Crippen LogP contribution in [0.5, 0.6) is 5.75 Å². The molecule has 1 atom stereocenters. The lowest BCUT2D eigenvalue weighted by molar-refractivity contribution is -0.141. The van der Waals surface area contributed by atoms with Crippen LogP contribution in [0.4, 0.5) is 4.39 Å². The fraction of sp³-hybridized carbons (Fsp3) is 0.273. The first-order valence-electron chi connectivity index (χ1n) is 9.00. The van der Waals surface area contributed by atoms with Crippen LogP contribution in [0.25, 0.3) is 10.9 Å². The van der Waals surface area contributed by atoms with Gasteiger partial charge in [0.05, 0.1) is 11.4 Å². The number of carboxylic acid groups (broad SMARTS) is 1. The van der Waals surface area contributed by atoms with Gasteiger partial charge in [-0.15, -0.1) is 0 Å². The number of aromatic nitrogens is 1. The monoisotopic (exact) mass is 417 g/mol. The normalized spacial score (nSPS) is 12.9. The third-order valence-electron chi connectivity index (χ3n) is 5.03. The maximum atomic E-state index is 15.0. The van der Waals surface area contributed by atoms with Gasteiger partial charge in [-0.25, -0.2) is 4.39 Å². The molecule has 1 heterocycles. The van der Waals surface area contributed by atoms with E-state index in [2.05, 4.69) is 0 Å². The molecule has 3 rings (SSSR count). The Morgan fingerprint density at radius 1 is 1.10 bits per heavy atom. The second-order valence-corrected chi connectivity index (χ2v) is 8.51. The summed E-state index contributed by atoms with van der Waals surface area (Å²) in [5.41, 5.74) is 0.236. The van der Waals surface area contributed by atoms with Crippen molar-refractivity contribution in [1.29, 1.82) is 0 Å². The number of aromatic hydroxyl groups is 1. The molecule has 152 valence electrons. The maximum absolute atomic E-state index is 15.0. The van der Waals surface area contributed by atoms with Crippen molar-refractivity contribution in [3.05, 3.63) is 64.1 Å². The molecule has 2 aromatic carbocycles. The van der Waals surface area contributed by atoms with Crippen molar-refractivity contribution in [2.24, 2.45) is 5.41 Å². The number of aliphatic carboxylic acids is 1. The highest BCUT2D eigenvalue weighted by Gasteiger charge is 2.38. The van der Waals surface area contributed by atoms with E-state index in [0.717, 1.165) is 6.07 Å². The van der Waals surface area contributed by atoms with E-state index in [4.69, 9.17) is 11.6 Å². The minimum absolute atomic E-state index is 0.0628. The molecule has 0 fully saturated rings. The van der Waals surface area contributed by atoms with E-state index < -0.39 is 34.8 Å². The van der Waals surface area contributed by atoms with Gasteiger partial charge in [0, 0.05) is 21.7 Å². The number of fused-ring (bicyclic) bond motifs is 1. The van der Waals surface area contributed by atoms with Gasteiger partial charge in [0.1, 0.15) is 0 Å². The standard InChI is InChI=1S/C22H21ClFNO4/c1-11-16(18(21(28)29)22(2,3)4)17-14(9-10-15(26)19(17)24)25(11)20(27)12-5-7-13(23)8-6-12/h5-10,18,26H,1-4H3,(H,28,29). The number of halogens is 2. The fourth-order valence-electron chi connectivity index (χ4n) is 3.74. The molecule has 0 aliphatic carbocycles. The number of phenols is 1. The summed E-state index contributed by atoms with van der Waals surface area (Å²) in [5.74, 6) is -4.23. The zero-order valence-electron chi connectivity index (χ0n) is 16.5. The summed E-state index contributed by atoms with van der Waals surface area (Å²) in [7, 11) is 0. The largest absolute Gasteiger partial charge is 0.505 e. The summed E-state index contributed by atoms with van der Waals surface area (Å²) in [4.78, 5) is 25.4. The van der Waals surface area contributed by atoms with Crippen LogP contribution in [0.1, 0.15) is 48.3 Å². The molecular formula is C22H21ClFNO4. The third kappa shape index (κ3) is 3.49. The van der Waals surface area contributed by atoms with Crippen LogP contribution < -0.4 is 0 Å².